The molecule has 5 heteroatoms. The van der Waals surface area contributed by atoms with E-state index >= 15 is 0 Å². The molecule has 1 aliphatic heterocycles. The van der Waals surface area contributed by atoms with Gasteiger partial charge in [-0.2, -0.15) is 0 Å². The third-order valence-corrected chi connectivity index (χ3v) is 3.30. The van der Waals surface area contributed by atoms with Crippen LogP contribution in [0.1, 0.15) is 22.3 Å². The highest BCUT2D eigenvalue weighted by atomic mass is 16.1. The monoisotopic (exact) mass is 248 g/mol. The van der Waals surface area contributed by atoms with Crippen molar-refractivity contribution >= 4 is 11.6 Å². The number of anilines is 1. The minimum atomic E-state index is -0.0664. The van der Waals surface area contributed by atoms with Gasteiger partial charge < -0.3 is 15.6 Å². The predicted octanol–water partition coefficient (Wildman–Crippen LogP) is 0.715. The van der Waals surface area contributed by atoms with Crippen LogP contribution in [0.3, 0.4) is 0 Å². The van der Waals surface area contributed by atoms with Crippen LogP contribution in [0.2, 0.25) is 0 Å². The van der Waals surface area contributed by atoms with Gasteiger partial charge in [0, 0.05) is 12.6 Å². The first-order valence-corrected chi connectivity index (χ1v) is 6.17. The van der Waals surface area contributed by atoms with Crippen LogP contribution in [0.5, 0.6) is 0 Å². The first-order valence-electron chi connectivity index (χ1n) is 6.17. The van der Waals surface area contributed by atoms with E-state index in [0.29, 0.717) is 11.3 Å². The summed E-state index contributed by atoms with van der Waals surface area (Å²) < 4.78 is 0. The normalized spacial score (nSPS) is 19.8. The van der Waals surface area contributed by atoms with Crippen LogP contribution in [-0.4, -0.2) is 37.0 Å². The third-order valence-electron chi connectivity index (χ3n) is 3.30. The summed E-state index contributed by atoms with van der Waals surface area (Å²) in [5.74, 6) is 5.38. The molecule has 2 rings (SSSR count). The molecule has 4 N–H and O–H groups in total. The number of rotatable bonds is 3. The summed E-state index contributed by atoms with van der Waals surface area (Å²) in [5, 5.41) is 3.04. The molecule has 0 bridgehead atoms. The number of nitrogen functional groups attached to an aromatic ring is 1. The molecule has 0 aliphatic carbocycles. The van der Waals surface area contributed by atoms with E-state index < -0.39 is 0 Å². The molecule has 0 aromatic heterocycles. The minimum Gasteiger partial charge on any atom is -0.348 e. The number of likely N-dealkylation sites (tertiary alicyclic amines) is 1. The number of aryl methyl sites for hydroxylation is 1. The van der Waals surface area contributed by atoms with Crippen molar-refractivity contribution in [2.75, 3.05) is 25.6 Å². The Bertz CT molecular complexity index is 447. The topological polar surface area (TPSA) is 70.4 Å². The van der Waals surface area contributed by atoms with Crippen LogP contribution in [0.25, 0.3) is 0 Å². The highest BCUT2D eigenvalue weighted by Gasteiger charge is 2.22. The van der Waals surface area contributed by atoms with Crippen molar-refractivity contribution in [1.29, 1.82) is 0 Å². The molecule has 1 fully saturated rings. The summed E-state index contributed by atoms with van der Waals surface area (Å²) in [7, 11) is 2.06. The molecule has 18 heavy (non-hydrogen) atoms. The molecule has 1 aromatic carbocycles. The fourth-order valence-corrected chi connectivity index (χ4v) is 2.29. The number of benzene rings is 1. The van der Waals surface area contributed by atoms with Crippen molar-refractivity contribution in [1.82, 2.24) is 10.2 Å². The van der Waals surface area contributed by atoms with Gasteiger partial charge in [-0.25, -0.2) is 0 Å². The Hall–Kier alpha value is -1.59. The molecule has 1 aromatic rings. The Morgan fingerprint density at radius 1 is 1.50 bits per heavy atom. The second-order valence-corrected chi connectivity index (χ2v) is 4.91. The van der Waals surface area contributed by atoms with Gasteiger partial charge in [0.1, 0.15) is 0 Å². The molecule has 1 saturated heterocycles. The lowest BCUT2D eigenvalue weighted by Crippen LogP contribution is -2.37. The van der Waals surface area contributed by atoms with Gasteiger partial charge in [0.15, 0.2) is 0 Å². The predicted molar refractivity (Wildman–Crippen MR) is 72.4 cm³/mol. The van der Waals surface area contributed by atoms with Crippen LogP contribution < -0.4 is 16.6 Å². The van der Waals surface area contributed by atoms with Crippen LogP contribution in [0, 0.1) is 6.92 Å². The second-order valence-electron chi connectivity index (χ2n) is 4.91. The molecule has 1 aliphatic rings. The number of carbonyl (C=O) groups excluding carboxylic acids is 1. The molecule has 98 valence electrons. The molecular weight excluding hydrogens is 228 g/mol. The van der Waals surface area contributed by atoms with Crippen molar-refractivity contribution in [3.05, 3.63) is 29.3 Å². The smallest absolute Gasteiger partial charge is 0.253 e. The molecule has 1 heterocycles. The molecule has 1 amide bonds. The molecule has 0 spiro atoms. The molecule has 5 nitrogen and oxygen atoms in total. The summed E-state index contributed by atoms with van der Waals surface area (Å²) in [5.41, 5.74) is 4.91. The SMILES string of the molecule is Cc1ccc(C(=O)NC2CCN(C)C2)c(NN)c1. The van der Waals surface area contributed by atoms with E-state index in [1.165, 1.54) is 0 Å². The highest BCUT2D eigenvalue weighted by Crippen LogP contribution is 2.17. The Labute approximate surface area is 107 Å². The summed E-state index contributed by atoms with van der Waals surface area (Å²) in [6.07, 6.45) is 0.999. The van der Waals surface area contributed by atoms with Crippen molar-refractivity contribution in [3.8, 4) is 0 Å². The number of hydrogen-bond acceptors (Lipinski definition) is 4. The fourth-order valence-electron chi connectivity index (χ4n) is 2.29. The maximum absolute atomic E-state index is 12.2. The van der Waals surface area contributed by atoms with Crippen LogP contribution >= 0.6 is 0 Å². The van der Waals surface area contributed by atoms with Crippen molar-refractivity contribution in [2.45, 2.75) is 19.4 Å². The Morgan fingerprint density at radius 3 is 2.89 bits per heavy atom. The first-order chi connectivity index (χ1) is 8.60. The first kappa shape index (κ1) is 12.9. The number of hydrazine groups is 1. The maximum Gasteiger partial charge on any atom is 0.253 e. The third kappa shape index (κ3) is 2.80. The fraction of sp³-hybridized carbons (Fsp3) is 0.462. The van der Waals surface area contributed by atoms with Crippen LogP contribution in [0.4, 0.5) is 5.69 Å². The van der Waals surface area contributed by atoms with E-state index in [-0.39, 0.29) is 11.9 Å². The Morgan fingerprint density at radius 2 is 2.28 bits per heavy atom. The van der Waals surface area contributed by atoms with E-state index in [1.807, 2.05) is 19.1 Å². The minimum absolute atomic E-state index is 0.0664. The number of nitrogens with one attached hydrogen (secondary N) is 2. The number of nitrogens with zero attached hydrogens (tertiary/aromatic N) is 1. The van der Waals surface area contributed by atoms with Gasteiger partial charge in [0.25, 0.3) is 5.91 Å². The number of hydrogen-bond donors (Lipinski definition) is 3. The Kier molecular flexibility index (Phi) is 3.84. The zero-order valence-corrected chi connectivity index (χ0v) is 10.9. The van der Waals surface area contributed by atoms with Crippen LogP contribution in [0.15, 0.2) is 18.2 Å². The summed E-state index contributed by atoms with van der Waals surface area (Å²) in [4.78, 5) is 14.4. The van der Waals surface area contributed by atoms with E-state index in [1.54, 1.807) is 6.07 Å². The lowest BCUT2D eigenvalue weighted by molar-refractivity contribution is 0.0939. The molecule has 0 saturated carbocycles. The lowest BCUT2D eigenvalue weighted by atomic mass is 10.1. The largest absolute Gasteiger partial charge is 0.348 e. The van der Waals surface area contributed by atoms with E-state index in [2.05, 4.69) is 22.7 Å². The lowest BCUT2D eigenvalue weighted by Gasteiger charge is -2.15. The summed E-state index contributed by atoms with van der Waals surface area (Å²) >= 11 is 0. The standard InChI is InChI=1S/C13H20N4O/c1-9-3-4-11(12(7-9)16-14)13(18)15-10-5-6-17(2)8-10/h3-4,7,10,16H,5-6,8,14H2,1-2H3,(H,15,18). The van der Waals surface area contributed by atoms with E-state index in [9.17, 15) is 4.79 Å². The Balaban J connectivity index is 2.09. The van der Waals surface area contributed by atoms with Crippen molar-refractivity contribution in [3.63, 3.8) is 0 Å². The molecule has 1 atom stereocenters. The van der Waals surface area contributed by atoms with Gasteiger partial charge in [0.2, 0.25) is 0 Å². The molecule has 1 unspecified atom stereocenters. The number of carbonyl (C=O) groups is 1. The zero-order valence-electron chi connectivity index (χ0n) is 10.9. The van der Waals surface area contributed by atoms with Gasteiger partial charge in [-0.15, -0.1) is 0 Å². The van der Waals surface area contributed by atoms with Gasteiger partial charge in [-0.1, -0.05) is 6.07 Å². The summed E-state index contributed by atoms with van der Waals surface area (Å²) in [6, 6.07) is 5.82. The number of nitrogens with two attached hydrogens (primary N) is 1. The summed E-state index contributed by atoms with van der Waals surface area (Å²) in [6.45, 7) is 3.90. The van der Waals surface area contributed by atoms with Gasteiger partial charge in [-0.05, 0) is 44.6 Å². The number of likely N-dealkylation sites (N-methyl/N-ethyl adjacent to an activating group) is 1. The van der Waals surface area contributed by atoms with Gasteiger partial charge in [0.05, 0.1) is 11.3 Å². The van der Waals surface area contributed by atoms with Crippen molar-refractivity contribution < 1.29 is 4.79 Å². The average Bonchev–Trinajstić information content (AvgIpc) is 2.74. The highest BCUT2D eigenvalue weighted by molar-refractivity contribution is 5.99. The quantitative estimate of drug-likeness (QED) is 0.544. The van der Waals surface area contributed by atoms with Crippen molar-refractivity contribution in [2.24, 2.45) is 5.84 Å². The molecule has 0 radical (unpaired) electrons. The maximum atomic E-state index is 12.2. The zero-order chi connectivity index (χ0) is 13.1. The second kappa shape index (κ2) is 5.37. The van der Waals surface area contributed by atoms with E-state index in [4.69, 9.17) is 5.84 Å². The van der Waals surface area contributed by atoms with E-state index in [0.717, 1.165) is 25.1 Å². The van der Waals surface area contributed by atoms with Gasteiger partial charge in [-0.3, -0.25) is 10.6 Å². The van der Waals surface area contributed by atoms with Gasteiger partial charge >= 0.3 is 0 Å². The van der Waals surface area contributed by atoms with Crippen LogP contribution in [-0.2, 0) is 0 Å². The average molecular weight is 248 g/mol. The number of amides is 1. The molecular formula is C13H20N4O.